The predicted octanol–water partition coefficient (Wildman–Crippen LogP) is 3.13. The summed E-state index contributed by atoms with van der Waals surface area (Å²) in [5.41, 5.74) is 1.38. The monoisotopic (exact) mass is 380 g/mol. The lowest BCUT2D eigenvalue weighted by Crippen LogP contribution is -2.37. The number of hydrogen-bond acceptors (Lipinski definition) is 6. The fourth-order valence-electron chi connectivity index (χ4n) is 2.92. The van der Waals surface area contributed by atoms with E-state index in [1.807, 2.05) is 24.3 Å². The highest BCUT2D eigenvalue weighted by Crippen LogP contribution is 2.30. The van der Waals surface area contributed by atoms with Gasteiger partial charge in [0.1, 0.15) is 15.6 Å². The minimum absolute atomic E-state index is 0.326. The molecule has 3 rings (SSSR count). The van der Waals surface area contributed by atoms with E-state index in [2.05, 4.69) is 9.71 Å². The summed E-state index contributed by atoms with van der Waals surface area (Å²) in [6, 6.07) is 7.34. The maximum atomic E-state index is 12.4. The topological polar surface area (TPSA) is 85.4 Å². The molecule has 6 nitrogen and oxygen atoms in total. The highest BCUT2D eigenvalue weighted by Gasteiger charge is 2.31. The quantitative estimate of drug-likeness (QED) is 0.861. The zero-order valence-corrected chi connectivity index (χ0v) is 15.7. The van der Waals surface area contributed by atoms with Crippen LogP contribution in [0.1, 0.15) is 41.0 Å². The van der Waals surface area contributed by atoms with Crippen LogP contribution in [0.2, 0.25) is 0 Å². The second kappa shape index (κ2) is 7.13. The van der Waals surface area contributed by atoms with E-state index >= 15 is 0 Å². The first kappa shape index (κ1) is 17.9. The Kier molecular flexibility index (Phi) is 5.10. The predicted molar refractivity (Wildman–Crippen MR) is 97.5 cm³/mol. The molecular formula is C17H20N2O4S2. The Hall–Kier alpha value is -1.93. The number of benzene rings is 1. The van der Waals surface area contributed by atoms with E-state index in [-0.39, 0.29) is 0 Å². The van der Waals surface area contributed by atoms with Crippen LogP contribution in [0.5, 0.6) is 5.75 Å². The number of thiazole rings is 1. The summed E-state index contributed by atoms with van der Waals surface area (Å²) in [6.45, 7) is 1.71. The number of carbonyl (C=O) groups excluding carboxylic acids is 1. The molecule has 0 aliphatic heterocycles. The van der Waals surface area contributed by atoms with Crippen LogP contribution in [0.25, 0.3) is 10.6 Å². The summed E-state index contributed by atoms with van der Waals surface area (Å²) in [4.78, 5) is 17.2. The molecular weight excluding hydrogens is 360 g/mol. The van der Waals surface area contributed by atoms with E-state index in [0.717, 1.165) is 24.2 Å². The number of amides is 1. The van der Waals surface area contributed by atoms with E-state index in [0.29, 0.717) is 28.4 Å². The minimum Gasteiger partial charge on any atom is -0.497 e. The minimum atomic E-state index is -3.63. The lowest BCUT2D eigenvalue weighted by Gasteiger charge is -2.11. The smallest absolute Gasteiger partial charge is 0.276 e. The lowest BCUT2D eigenvalue weighted by molar-refractivity contribution is 0.0984. The van der Waals surface area contributed by atoms with Gasteiger partial charge in [0, 0.05) is 5.56 Å². The number of hydrogen-bond donors (Lipinski definition) is 1. The Morgan fingerprint density at radius 3 is 2.48 bits per heavy atom. The number of aromatic nitrogens is 1. The Morgan fingerprint density at radius 2 is 1.88 bits per heavy atom. The number of sulfonamides is 1. The van der Waals surface area contributed by atoms with E-state index in [1.54, 1.807) is 14.0 Å². The van der Waals surface area contributed by atoms with Crippen LogP contribution in [0.4, 0.5) is 0 Å². The van der Waals surface area contributed by atoms with Crippen LogP contribution in [0.15, 0.2) is 24.3 Å². The van der Waals surface area contributed by atoms with Gasteiger partial charge in [0.05, 0.1) is 18.1 Å². The summed E-state index contributed by atoms with van der Waals surface area (Å²) in [5.74, 6) is 0.138. The molecule has 0 bridgehead atoms. The SMILES string of the molecule is COc1ccc(-c2nc(C)c(C(=O)NS(=O)(=O)C3CCCC3)s2)cc1. The highest BCUT2D eigenvalue weighted by atomic mass is 32.2. The number of carbonyl (C=O) groups is 1. The largest absolute Gasteiger partial charge is 0.497 e. The summed E-state index contributed by atoms with van der Waals surface area (Å²) >= 11 is 1.19. The van der Waals surface area contributed by atoms with Gasteiger partial charge in [-0.05, 0) is 44.0 Å². The van der Waals surface area contributed by atoms with Crippen LogP contribution in [0.3, 0.4) is 0 Å². The second-order valence-electron chi connectivity index (χ2n) is 6.04. The maximum Gasteiger partial charge on any atom is 0.276 e. The third-order valence-corrected chi connectivity index (χ3v) is 7.34. The highest BCUT2D eigenvalue weighted by molar-refractivity contribution is 7.90. The van der Waals surface area contributed by atoms with Gasteiger partial charge in [-0.1, -0.05) is 12.8 Å². The van der Waals surface area contributed by atoms with E-state index in [4.69, 9.17) is 4.74 Å². The Labute approximate surface area is 151 Å². The molecule has 1 aromatic heterocycles. The molecule has 8 heteroatoms. The van der Waals surface area contributed by atoms with Crippen LogP contribution < -0.4 is 9.46 Å². The Bertz CT molecular complexity index is 867. The first-order valence-electron chi connectivity index (χ1n) is 8.08. The number of methoxy groups -OCH3 is 1. The molecule has 1 heterocycles. The number of nitrogens with one attached hydrogen (secondary N) is 1. The molecule has 2 aromatic rings. The van der Waals surface area contributed by atoms with Gasteiger partial charge in [-0.3, -0.25) is 4.79 Å². The normalized spacial score (nSPS) is 15.3. The van der Waals surface area contributed by atoms with Crippen molar-refractivity contribution in [3.05, 3.63) is 34.8 Å². The van der Waals surface area contributed by atoms with Gasteiger partial charge in [-0.2, -0.15) is 0 Å². The van der Waals surface area contributed by atoms with E-state index < -0.39 is 21.2 Å². The first-order chi connectivity index (χ1) is 11.9. The van der Waals surface area contributed by atoms with Gasteiger partial charge < -0.3 is 4.74 Å². The van der Waals surface area contributed by atoms with Crippen molar-refractivity contribution in [2.75, 3.05) is 7.11 Å². The van der Waals surface area contributed by atoms with Crippen molar-refractivity contribution < 1.29 is 17.9 Å². The number of nitrogens with zero attached hydrogens (tertiary/aromatic N) is 1. The third kappa shape index (κ3) is 3.85. The van der Waals surface area contributed by atoms with Gasteiger partial charge in [0.25, 0.3) is 5.91 Å². The molecule has 0 unspecified atom stereocenters. The molecule has 0 atom stereocenters. The zero-order valence-electron chi connectivity index (χ0n) is 14.1. The van der Waals surface area contributed by atoms with Crippen molar-refractivity contribution >= 4 is 27.3 Å². The molecule has 1 amide bonds. The molecule has 1 fully saturated rings. The Morgan fingerprint density at radius 1 is 1.24 bits per heavy atom. The molecule has 1 N–H and O–H groups in total. The van der Waals surface area contributed by atoms with Crippen molar-refractivity contribution in [1.29, 1.82) is 0 Å². The first-order valence-corrected chi connectivity index (χ1v) is 10.4. The van der Waals surface area contributed by atoms with Crippen LogP contribution in [-0.2, 0) is 10.0 Å². The number of rotatable bonds is 5. The van der Waals surface area contributed by atoms with Crippen LogP contribution >= 0.6 is 11.3 Å². The van der Waals surface area contributed by atoms with Crippen LogP contribution in [-0.4, -0.2) is 31.7 Å². The van der Waals surface area contributed by atoms with Crippen molar-refractivity contribution in [2.24, 2.45) is 0 Å². The second-order valence-corrected chi connectivity index (χ2v) is 9.00. The van der Waals surface area contributed by atoms with Crippen molar-refractivity contribution in [3.63, 3.8) is 0 Å². The molecule has 1 saturated carbocycles. The summed E-state index contributed by atoms with van der Waals surface area (Å²) in [5, 5.41) is 0.203. The van der Waals surface area contributed by atoms with E-state index in [1.165, 1.54) is 11.3 Å². The molecule has 25 heavy (non-hydrogen) atoms. The van der Waals surface area contributed by atoms with Crippen molar-refractivity contribution in [1.82, 2.24) is 9.71 Å². The van der Waals surface area contributed by atoms with Gasteiger partial charge in [0.2, 0.25) is 10.0 Å². The molecule has 134 valence electrons. The molecule has 0 saturated heterocycles. The summed E-state index contributed by atoms with van der Waals surface area (Å²) in [6.07, 6.45) is 3.00. The average Bonchev–Trinajstić information content (AvgIpc) is 3.24. The van der Waals surface area contributed by atoms with Crippen molar-refractivity contribution in [3.8, 4) is 16.3 Å². The fraction of sp³-hybridized carbons (Fsp3) is 0.412. The third-order valence-electron chi connectivity index (χ3n) is 4.32. The standard InChI is InChI=1S/C17H20N2O4S2/c1-11-15(16(20)19-25(21,22)14-5-3-4-6-14)24-17(18-11)12-7-9-13(23-2)10-8-12/h7-10,14H,3-6H2,1-2H3,(H,19,20). The van der Waals surface area contributed by atoms with E-state index in [9.17, 15) is 13.2 Å². The van der Waals surface area contributed by atoms with Gasteiger partial charge in [-0.25, -0.2) is 18.1 Å². The molecule has 1 aliphatic carbocycles. The number of aryl methyl sites for hydroxylation is 1. The molecule has 1 aliphatic rings. The number of ether oxygens (including phenoxy) is 1. The van der Waals surface area contributed by atoms with Gasteiger partial charge >= 0.3 is 0 Å². The fourth-order valence-corrected chi connectivity index (χ4v) is 5.43. The van der Waals surface area contributed by atoms with Gasteiger partial charge in [0.15, 0.2) is 0 Å². The van der Waals surface area contributed by atoms with Crippen molar-refractivity contribution in [2.45, 2.75) is 37.9 Å². The molecule has 0 radical (unpaired) electrons. The van der Waals surface area contributed by atoms with Crippen LogP contribution in [0, 0.1) is 6.92 Å². The molecule has 0 spiro atoms. The summed E-state index contributed by atoms with van der Waals surface area (Å²) < 4.78 is 32.0. The molecule has 1 aromatic carbocycles. The zero-order chi connectivity index (χ0) is 18.0. The lowest BCUT2D eigenvalue weighted by atomic mass is 10.2. The maximum absolute atomic E-state index is 12.4. The average molecular weight is 380 g/mol. The van der Waals surface area contributed by atoms with Gasteiger partial charge in [-0.15, -0.1) is 11.3 Å². The summed E-state index contributed by atoms with van der Waals surface area (Å²) in [7, 11) is -2.03. The Balaban J connectivity index is 1.80.